The largest absolute Gasteiger partial charge is 0.482 e. The van der Waals surface area contributed by atoms with E-state index in [9.17, 15) is 9.18 Å². The highest BCUT2D eigenvalue weighted by atomic mass is 19.1. The first-order chi connectivity index (χ1) is 12.9. The van der Waals surface area contributed by atoms with Crippen molar-refractivity contribution in [3.8, 4) is 16.9 Å². The molecule has 27 heavy (non-hydrogen) atoms. The van der Waals surface area contributed by atoms with Crippen LogP contribution in [0.5, 0.6) is 5.75 Å². The van der Waals surface area contributed by atoms with Gasteiger partial charge in [-0.05, 0) is 49.4 Å². The van der Waals surface area contributed by atoms with Gasteiger partial charge in [-0.2, -0.15) is 0 Å². The molecule has 3 rings (SSSR count). The Morgan fingerprint density at radius 1 is 1.19 bits per heavy atom. The molecule has 0 aliphatic carbocycles. The first kappa shape index (κ1) is 19.3. The fourth-order valence-electron chi connectivity index (χ4n) is 3.31. The topological polar surface area (TPSA) is 53.0 Å². The number of hydrogen-bond acceptors (Lipinski definition) is 4. The number of piperazine rings is 1. The lowest BCUT2D eigenvalue weighted by Crippen LogP contribution is -2.49. The molecule has 2 aromatic rings. The minimum absolute atomic E-state index is 0.271. The van der Waals surface area contributed by atoms with Gasteiger partial charge in [0, 0.05) is 37.8 Å². The summed E-state index contributed by atoms with van der Waals surface area (Å²) in [5.41, 5.74) is 2.80. The van der Waals surface area contributed by atoms with Crippen LogP contribution in [-0.4, -0.2) is 60.2 Å². The summed E-state index contributed by atoms with van der Waals surface area (Å²) in [5.74, 6) is -0.696. The number of rotatable bonds is 6. The lowest BCUT2D eigenvalue weighted by atomic mass is 10.0. The van der Waals surface area contributed by atoms with Gasteiger partial charge in [0.15, 0.2) is 6.61 Å². The number of likely N-dealkylation sites (N-methyl/N-ethyl adjacent to an activating group) is 1. The Morgan fingerprint density at radius 3 is 2.56 bits per heavy atom. The fourth-order valence-corrected chi connectivity index (χ4v) is 3.31. The van der Waals surface area contributed by atoms with Crippen molar-refractivity contribution in [3.63, 3.8) is 0 Å². The molecule has 1 fully saturated rings. The Morgan fingerprint density at radius 2 is 1.89 bits per heavy atom. The highest BCUT2D eigenvalue weighted by Gasteiger charge is 2.22. The second-order valence-corrected chi connectivity index (χ2v) is 7.08. The number of carboxylic acid groups (broad SMARTS) is 1. The molecule has 1 N–H and O–H groups in total. The quantitative estimate of drug-likeness (QED) is 0.845. The normalized spacial score (nSPS) is 18.4. The van der Waals surface area contributed by atoms with E-state index < -0.39 is 5.97 Å². The maximum Gasteiger partial charge on any atom is 0.341 e. The van der Waals surface area contributed by atoms with Crippen molar-refractivity contribution in [1.82, 2.24) is 9.80 Å². The predicted molar refractivity (Wildman–Crippen MR) is 102 cm³/mol. The minimum atomic E-state index is -1.00. The van der Waals surface area contributed by atoms with Crippen molar-refractivity contribution in [2.75, 3.05) is 33.3 Å². The fraction of sp³-hybridized carbons (Fsp3) is 0.381. The number of carboxylic acids is 1. The van der Waals surface area contributed by atoms with Crippen molar-refractivity contribution >= 4 is 5.97 Å². The molecule has 1 aliphatic heterocycles. The molecular formula is C21H25FN2O3. The van der Waals surface area contributed by atoms with Crippen LogP contribution in [0.4, 0.5) is 4.39 Å². The summed E-state index contributed by atoms with van der Waals surface area (Å²) in [4.78, 5) is 15.6. The van der Waals surface area contributed by atoms with Gasteiger partial charge in [0.25, 0.3) is 0 Å². The number of nitrogens with zero attached hydrogens (tertiary/aromatic N) is 2. The molecule has 0 radical (unpaired) electrons. The number of benzene rings is 2. The van der Waals surface area contributed by atoms with E-state index >= 15 is 0 Å². The third-order valence-corrected chi connectivity index (χ3v) is 5.03. The van der Waals surface area contributed by atoms with Crippen LogP contribution in [0.3, 0.4) is 0 Å². The lowest BCUT2D eigenvalue weighted by Gasteiger charge is -2.37. The van der Waals surface area contributed by atoms with Crippen LogP contribution < -0.4 is 4.74 Å². The molecule has 0 bridgehead atoms. The number of halogens is 1. The van der Waals surface area contributed by atoms with Gasteiger partial charge in [0.05, 0.1) is 0 Å². The standard InChI is InChI=1S/C21H25FN2O3/c1-15-12-24(10-9-23(15)2)13-18-11-17(16-3-6-19(22)7-4-16)5-8-20(18)27-14-21(25)26/h3-8,11,15H,9-10,12-14H2,1-2H3,(H,25,26)/t15-/m1/s1. The van der Waals surface area contributed by atoms with E-state index in [-0.39, 0.29) is 12.4 Å². The van der Waals surface area contributed by atoms with E-state index in [0.29, 0.717) is 18.3 Å². The van der Waals surface area contributed by atoms with Gasteiger partial charge in [0.1, 0.15) is 11.6 Å². The van der Waals surface area contributed by atoms with Gasteiger partial charge in [-0.1, -0.05) is 18.2 Å². The van der Waals surface area contributed by atoms with Gasteiger partial charge >= 0.3 is 5.97 Å². The number of carbonyl (C=O) groups is 1. The van der Waals surface area contributed by atoms with E-state index in [0.717, 1.165) is 36.3 Å². The Bertz CT molecular complexity index is 795. The van der Waals surface area contributed by atoms with Crippen LogP contribution in [-0.2, 0) is 11.3 Å². The van der Waals surface area contributed by atoms with E-state index in [1.54, 1.807) is 18.2 Å². The Hall–Kier alpha value is -2.44. The zero-order chi connectivity index (χ0) is 19.4. The second kappa shape index (κ2) is 8.50. The van der Waals surface area contributed by atoms with Gasteiger partial charge < -0.3 is 14.7 Å². The average Bonchev–Trinajstić information content (AvgIpc) is 2.64. The predicted octanol–water partition coefficient (Wildman–Crippen LogP) is 3.09. The molecule has 0 spiro atoms. The summed E-state index contributed by atoms with van der Waals surface area (Å²) in [5, 5.41) is 8.93. The van der Waals surface area contributed by atoms with Crippen molar-refractivity contribution in [2.24, 2.45) is 0 Å². The third-order valence-electron chi connectivity index (χ3n) is 5.03. The molecule has 0 amide bonds. The van der Waals surface area contributed by atoms with Gasteiger partial charge in [-0.25, -0.2) is 9.18 Å². The Labute approximate surface area is 159 Å². The molecule has 1 atom stereocenters. The summed E-state index contributed by atoms with van der Waals surface area (Å²) in [6.45, 7) is 5.38. The highest BCUT2D eigenvalue weighted by molar-refractivity contribution is 5.69. The summed E-state index contributed by atoms with van der Waals surface area (Å²) in [6.07, 6.45) is 0. The van der Waals surface area contributed by atoms with Crippen LogP contribution >= 0.6 is 0 Å². The molecule has 1 heterocycles. The molecule has 1 aliphatic rings. The second-order valence-electron chi connectivity index (χ2n) is 7.08. The van der Waals surface area contributed by atoms with E-state index in [1.807, 2.05) is 12.1 Å². The van der Waals surface area contributed by atoms with Gasteiger partial charge in [0.2, 0.25) is 0 Å². The monoisotopic (exact) mass is 372 g/mol. The van der Waals surface area contributed by atoms with Crippen molar-refractivity contribution in [1.29, 1.82) is 0 Å². The third kappa shape index (κ3) is 5.05. The van der Waals surface area contributed by atoms with Crippen LogP contribution in [0, 0.1) is 5.82 Å². The first-order valence-electron chi connectivity index (χ1n) is 9.08. The first-order valence-corrected chi connectivity index (χ1v) is 9.08. The van der Waals surface area contributed by atoms with E-state index in [2.05, 4.69) is 23.8 Å². The minimum Gasteiger partial charge on any atom is -0.482 e. The van der Waals surface area contributed by atoms with Gasteiger partial charge in [-0.15, -0.1) is 0 Å². The number of hydrogen-bond donors (Lipinski definition) is 1. The van der Waals surface area contributed by atoms with Crippen molar-refractivity contribution < 1.29 is 19.0 Å². The zero-order valence-corrected chi connectivity index (χ0v) is 15.7. The van der Waals surface area contributed by atoms with Crippen LogP contribution in [0.1, 0.15) is 12.5 Å². The maximum atomic E-state index is 13.2. The van der Waals surface area contributed by atoms with Crippen LogP contribution in [0.15, 0.2) is 42.5 Å². The molecular weight excluding hydrogens is 347 g/mol. The zero-order valence-electron chi connectivity index (χ0n) is 15.7. The van der Waals surface area contributed by atoms with Gasteiger partial charge in [-0.3, -0.25) is 4.90 Å². The lowest BCUT2D eigenvalue weighted by molar-refractivity contribution is -0.139. The smallest absolute Gasteiger partial charge is 0.341 e. The van der Waals surface area contributed by atoms with Crippen LogP contribution in [0.2, 0.25) is 0 Å². The Balaban J connectivity index is 1.85. The van der Waals surface area contributed by atoms with Crippen molar-refractivity contribution in [2.45, 2.75) is 19.5 Å². The molecule has 6 heteroatoms. The number of ether oxygens (including phenoxy) is 1. The molecule has 1 saturated heterocycles. The molecule has 0 unspecified atom stereocenters. The summed E-state index contributed by atoms with van der Waals surface area (Å²) in [6, 6.07) is 12.5. The SMILES string of the molecule is C[C@@H]1CN(Cc2cc(-c3ccc(F)cc3)ccc2OCC(=O)O)CCN1C. The molecule has 0 aromatic heterocycles. The van der Waals surface area contributed by atoms with Crippen molar-refractivity contribution in [3.05, 3.63) is 53.8 Å². The van der Waals surface area contributed by atoms with E-state index in [1.165, 1.54) is 12.1 Å². The average molecular weight is 372 g/mol. The van der Waals surface area contributed by atoms with E-state index in [4.69, 9.17) is 9.84 Å². The Kier molecular flexibility index (Phi) is 6.08. The number of aliphatic carboxylic acids is 1. The molecule has 2 aromatic carbocycles. The molecule has 0 saturated carbocycles. The maximum absolute atomic E-state index is 13.2. The molecule has 144 valence electrons. The van der Waals surface area contributed by atoms with Crippen LogP contribution in [0.25, 0.3) is 11.1 Å². The highest BCUT2D eigenvalue weighted by Crippen LogP contribution is 2.28. The summed E-state index contributed by atoms with van der Waals surface area (Å²) >= 11 is 0. The molecule has 5 nitrogen and oxygen atoms in total. The summed E-state index contributed by atoms with van der Waals surface area (Å²) in [7, 11) is 2.12. The summed E-state index contributed by atoms with van der Waals surface area (Å²) < 4.78 is 18.7.